The Labute approximate surface area is 120 Å². The third-order valence-electron chi connectivity index (χ3n) is 2.97. The molecule has 8 heteroatoms. The van der Waals surface area contributed by atoms with Crippen molar-refractivity contribution in [2.24, 2.45) is 5.73 Å². The SMILES string of the molecule is CCCc1c([N+](=O)[O-])c(C(N)=O)nn1Cc1ccccn1. The molecule has 1 amide bonds. The summed E-state index contributed by atoms with van der Waals surface area (Å²) < 4.78 is 1.43. The topological polar surface area (TPSA) is 117 Å². The number of nitro groups is 1. The predicted molar refractivity (Wildman–Crippen MR) is 74.7 cm³/mol. The lowest BCUT2D eigenvalue weighted by atomic mass is 10.2. The number of carbonyl (C=O) groups is 1. The largest absolute Gasteiger partial charge is 0.364 e. The van der Waals surface area contributed by atoms with E-state index in [-0.39, 0.29) is 17.9 Å². The van der Waals surface area contributed by atoms with E-state index < -0.39 is 10.8 Å². The van der Waals surface area contributed by atoms with Crippen molar-refractivity contribution < 1.29 is 9.72 Å². The van der Waals surface area contributed by atoms with E-state index in [4.69, 9.17) is 5.73 Å². The van der Waals surface area contributed by atoms with Crippen LogP contribution in [0.3, 0.4) is 0 Å². The maximum Gasteiger partial charge on any atom is 0.323 e. The summed E-state index contributed by atoms with van der Waals surface area (Å²) in [5.74, 6) is -0.904. The molecule has 0 unspecified atom stereocenters. The minimum Gasteiger partial charge on any atom is -0.364 e. The fourth-order valence-corrected chi connectivity index (χ4v) is 2.11. The number of pyridine rings is 1. The van der Waals surface area contributed by atoms with E-state index in [2.05, 4.69) is 10.1 Å². The lowest BCUT2D eigenvalue weighted by molar-refractivity contribution is -0.385. The van der Waals surface area contributed by atoms with Crippen molar-refractivity contribution in [1.29, 1.82) is 0 Å². The van der Waals surface area contributed by atoms with Gasteiger partial charge in [0.05, 0.1) is 17.2 Å². The van der Waals surface area contributed by atoms with E-state index in [0.29, 0.717) is 24.2 Å². The van der Waals surface area contributed by atoms with Gasteiger partial charge in [-0.1, -0.05) is 19.4 Å². The first-order valence-electron chi connectivity index (χ1n) is 6.48. The van der Waals surface area contributed by atoms with E-state index in [1.807, 2.05) is 13.0 Å². The van der Waals surface area contributed by atoms with Crippen LogP contribution >= 0.6 is 0 Å². The molecule has 0 saturated heterocycles. The van der Waals surface area contributed by atoms with Gasteiger partial charge in [0, 0.05) is 6.20 Å². The van der Waals surface area contributed by atoms with Crippen LogP contribution in [0.4, 0.5) is 5.69 Å². The van der Waals surface area contributed by atoms with E-state index in [0.717, 1.165) is 0 Å². The number of rotatable bonds is 6. The van der Waals surface area contributed by atoms with Gasteiger partial charge in [0.2, 0.25) is 5.69 Å². The fraction of sp³-hybridized carbons (Fsp3) is 0.308. The highest BCUT2D eigenvalue weighted by molar-refractivity contribution is 5.95. The zero-order valence-electron chi connectivity index (χ0n) is 11.5. The Morgan fingerprint density at radius 2 is 2.24 bits per heavy atom. The van der Waals surface area contributed by atoms with E-state index in [1.54, 1.807) is 18.3 Å². The third-order valence-corrected chi connectivity index (χ3v) is 2.97. The predicted octanol–water partition coefficient (Wildman–Crippen LogP) is 1.29. The average Bonchev–Trinajstić information content (AvgIpc) is 2.79. The van der Waals surface area contributed by atoms with Gasteiger partial charge in [-0.3, -0.25) is 24.6 Å². The van der Waals surface area contributed by atoms with Crippen LogP contribution in [-0.4, -0.2) is 25.6 Å². The molecule has 0 aliphatic heterocycles. The lowest BCUT2D eigenvalue weighted by Crippen LogP contribution is -2.14. The average molecular weight is 289 g/mol. The zero-order valence-corrected chi connectivity index (χ0v) is 11.5. The molecular weight excluding hydrogens is 274 g/mol. The molecule has 0 aliphatic rings. The minimum atomic E-state index is -0.904. The van der Waals surface area contributed by atoms with Gasteiger partial charge < -0.3 is 5.73 Å². The molecule has 0 saturated carbocycles. The Morgan fingerprint density at radius 1 is 1.48 bits per heavy atom. The molecule has 0 bridgehead atoms. The van der Waals surface area contributed by atoms with E-state index >= 15 is 0 Å². The summed E-state index contributed by atoms with van der Waals surface area (Å²) in [6.45, 7) is 2.15. The van der Waals surface area contributed by atoms with Crippen LogP contribution in [0.25, 0.3) is 0 Å². The third kappa shape index (κ3) is 3.04. The minimum absolute atomic E-state index is 0.254. The standard InChI is InChI=1S/C13H15N5O3/c1-2-5-10-12(18(20)21)11(13(14)19)16-17(10)8-9-6-3-4-7-15-9/h3-4,6-7H,2,5,8H2,1H3,(H2,14,19). The van der Waals surface area contributed by atoms with Crippen molar-refractivity contribution in [3.8, 4) is 0 Å². The Bertz CT molecular complexity index is 666. The monoisotopic (exact) mass is 289 g/mol. The molecule has 8 nitrogen and oxygen atoms in total. The molecule has 2 rings (SSSR count). The summed E-state index contributed by atoms with van der Waals surface area (Å²) in [7, 11) is 0. The van der Waals surface area contributed by atoms with Crippen LogP contribution in [0.15, 0.2) is 24.4 Å². The van der Waals surface area contributed by atoms with Gasteiger partial charge in [-0.15, -0.1) is 0 Å². The lowest BCUT2D eigenvalue weighted by Gasteiger charge is -2.05. The number of primary amides is 1. The second kappa shape index (κ2) is 6.12. The number of carbonyl (C=O) groups excluding carboxylic acids is 1. The number of hydrogen-bond acceptors (Lipinski definition) is 5. The summed E-state index contributed by atoms with van der Waals surface area (Å²) in [6, 6.07) is 5.37. The molecule has 2 aromatic heterocycles. The second-order valence-electron chi connectivity index (χ2n) is 4.49. The number of amides is 1. The highest BCUT2D eigenvalue weighted by Gasteiger charge is 2.30. The summed E-state index contributed by atoms with van der Waals surface area (Å²) in [4.78, 5) is 26.1. The van der Waals surface area contributed by atoms with Crippen LogP contribution in [0.1, 0.15) is 35.2 Å². The Hall–Kier alpha value is -2.77. The quantitative estimate of drug-likeness (QED) is 0.635. The van der Waals surface area contributed by atoms with Crippen molar-refractivity contribution in [2.45, 2.75) is 26.3 Å². The van der Waals surface area contributed by atoms with Gasteiger partial charge in [-0.2, -0.15) is 5.10 Å². The maximum absolute atomic E-state index is 11.4. The summed E-state index contributed by atoms with van der Waals surface area (Å²) >= 11 is 0. The second-order valence-corrected chi connectivity index (χ2v) is 4.49. The Balaban J connectivity index is 2.51. The molecule has 110 valence electrons. The molecule has 2 heterocycles. The van der Waals surface area contributed by atoms with Crippen LogP contribution < -0.4 is 5.73 Å². The first-order valence-corrected chi connectivity index (χ1v) is 6.48. The molecule has 0 fully saturated rings. The van der Waals surface area contributed by atoms with Crippen molar-refractivity contribution in [3.05, 3.63) is 51.6 Å². The molecule has 0 aromatic carbocycles. The molecule has 0 spiro atoms. The highest BCUT2D eigenvalue weighted by atomic mass is 16.6. The van der Waals surface area contributed by atoms with Crippen LogP contribution in [0.5, 0.6) is 0 Å². The van der Waals surface area contributed by atoms with Crippen LogP contribution in [-0.2, 0) is 13.0 Å². The zero-order chi connectivity index (χ0) is 15.4. The normalized spacial score (nSPS) is 10.5. The van der Waals surface area contributed by atoms with Gasteiger partial charge in [-0.05, 0) is 18.6 Å². The summed E-state index contributed by atoms with van der Waals surface area (Å²) in [5, 5.41) is 15.2. The van der Waals surface area contributed by atoms with Gasteiger partial charge in [0.25, 0.3) is 5.91 Å². The van der Waals surface area contributed by atoms with Gasteiger partial charge in [0.1, 0.15) is 5.69 Å². The fourth-order valence-electron chi connectivity index (χ4n) is 2.11. The number of aromatic nitrogens is 3. The number of hydrogen-bond donors (Lipinski definition) is 1. The molecule has 2 N–H and O–H groups in total. The molecule has 0 aliphatic carbocycles. The van der Waals surface area contributed by atoms with Crippen LogP contribution in [0, 0.1) is 10.1 Å². The molecule has 0 atom stereocenters. The van der Waals surface area contributed by atoms with Crippen molar-refractivity contribution in [3.63, 3.8) is 0 Å². The van der Waals surface area contributed by atoms with E-state index in [1.165, 1.54) is 4.68 Å². The number of nitrogens with zero attached hydrogens (tertiary/aromatic N) is 4. The van der Waals surface area contributed by atoms with Crippen LogP contribution in [0.2, 0.25) is 0 Å². The molecule has 21 heavy (non-hydrogen) atoms. The smallest absolute Gasteiger partial charge is 0.323 e. The first-order chi connectivity index (χ1) is 10.0. The highest BCUT2D eigenvalue weighted by Crippen LogP contribution is 2.25. The Kier molecular flexibility index (Phi) is 4.27. The first kappa shape index (κ1) is 14.6. The summed E-state index contributed by atoms with van der Waals surface area (Å²) in [5.41, 5.74) is 5.67. The molecule has 0 radical (unpaired) electrons. The van der Waals surface area contributed by atoms with E-state index in [9.17, 15) is 14.9 Å². The van der Waals surface area contributed by atoms with Gasteiger partial charge >= 0.3 is 5.69 Å². The number of nitrogens with two attached hydrogens (primary N) is 1. The molecule has 2 aromatic rings. The van der Waals surface area contributed by atoms with Gasteiger partial charge in [0.15, 0.2) is 0 Å². The maximum atomic E-state index is 11.4. The van der Waals surface area contributed by atoms with Crippen molar-refractivity contribution in [1.82, 2.24) is 14.8 Å². The molecular formula is C13H15N5O3. The Morgan fingerprint density at radius 3 is 2.76 bits per heavy atom. The van der Waals surface area contributed by atoms with Crippen molar-refractivity contribution >= 4 is 11.6 Å². The van der Waals surface area contributed by atoms with Crippen molar-refractivity contribution in [2.75, 3.05) is 0 Å². The summed E-state index contributed by atoms with van der Waals surface area (Å²) in [6.07, 6.45) is 2.75. The van der Waals surface area contributed by atoms with Gasteiger partial charge in [-0.25, -0.2) is 0 Å².